The highest BCUT2D eigenvalue weighted by atomic mass is 16.6. The molecule has 0 aliphatic rings. The number of nitrogens with one attached hydrogen (secondary N) is 1. The van der Waals surface area contributed by atoms with Crippen LogP contribution < -0.4 is 22.5 Å². The van der Waals surface area contributed by atoms with E-state index >= 15 is 0 Å². The van der Waals surface area contributed by atoms with Crippen molar-refractivity contribution in [1.82, 2.24) is 5.32 Å². The van der Waals surface area contributed by atoms with Crippen molar-refractivity contribution in [1.29, 1.82) is 0 Å². The van der Waals surface area contributed by atoms with Crippen LogP contribution in [0.5, 0.6) is 0 Å². The average molecular weight is 873 g/mol. The summed E-state index contributed by atoms with van der Waals surface area (Å²) >= 11 is 0. The van der Waals surface area contributed by atoms with Crippen molar-refractivity contribution in [3.8, 4) is 0 Å². The molecule has 0 amide bonds. The van der Waals surface area contributed by atoms with Crippen LogP contribution in [0, 0.1) is 0 Å². The summed E-state index contributed by atoms with van der Waals surface area (Å²) in [5, 5.41) is 27.8. The Morgan fingerprint density at radius 3 is 0.900 bits per heavy atom. The third kappa shape index (κ3) is 59.6. The van der Waals surface area contributed by atoms with Crippen LogP contribution >= 0.6 is 0 Å². The Morgan fingerprint density at radius 1 is 0.550 bits per heavy atom. The molecule has 0 aromatic carbocycles. The smallest absolute Gasteiger partial charge is 0.330 e. The zero-order valence-electron chi connectivity index (χ0n) is 39.4. The van der Waals surface area contributed by atoms with Crippen molar-refractivity contribution >= 4 is 31.7 Å². The summed E-state index contributed by atoms with van der Waals surface area (Å²) in [5.41, 5.74) is 11.7. The first kappa shape index (κ1) is 71.8. The molecule has 0 unspecified atom stereocenters. The second-order valence-electron chi connectivity index (χ2n) is 16.6. The molecule has 0 saturated heterocycles. The summed E-state index contributed by atoms with van der Waals surface area (Å²) < 4.78 is 37.4. The predicted octanol–water partition coefficient (Wildman–Crippen LogP) is 2.35. The van der Waals surface area contributed by atoms with Gasteiger partial charge in [-0.2, -0.15) is 0 Å². The van der Waals surface area contributed by atoms with Gasteiger partial charge < -0.3 is 71.0 Å². The minimum atomic E-state index is -1.21. The summed E-state index contributed by atoms with van der Waals surface area (Å²) in [6.45, 7) is 25.6. The third-order valence-corrected chi connectivity index (χ3v) is 5.30. The average Bonchev–Trinajstić information content (AvgIpc) is 3.10. The summed E-state index contributed by atoms with van der Waals surface area (Å²) in [6, 6.07) is 0. The Morgan fingerprint density at radius 2 is 0.767 bits per heavy atom. The number of aliphatic hydroxyl groups is 3. The number of hydrogen-bond acceptors (Lipinski definition) is 18. The van der Waals surface area contributed by atoms with E-state index in [1.807, 2.05) is 34.9 Å². The maximum Gasteiger partial charge on any atom is 0.330 e. The van der Waals surface area contributed by atoms with Crippen LogP contribution in [0.15, 0.2) is 12.7 Å². The van der Waals surface area contributed by atoms with Crippen molar-refractivity contribution in [2.24, 2.45) is 17.2 Å². The Hall–Kier alpha value is -2.72. The molecule has 0 aliphatic carbocycles. The van der Waals surface area contributed by atoms with Crippen molar-refractivity contribution in [2.45, 2.75) is 150 Å². The lowest BCUT2D eigenvalue weighted by atomic mass is 10.1. The molecule has 0 spiro atoms. The minimum absolute atomic E-state index is 0. The predicted molar refractivity (Wildman–Crippen MR) is 238 cm³/mol. The van der Waals surface area contributed by atoms with E-state index in [4.69, 9.17) is 59.9 Å². The van der Waals surface area contributed by atoms with E-state index < -0.39 is 53.3 Å². The molecule has 0 aromatic rings. The number of esters is 4. The Labute approximate surface area is 364 Å². The molecule has 0 aromatic heterocycles. The van der Waals surface area contributed by atoms with Gasteiger partial charge in [0.2, 0.25) is 0 Å². The second-order valence-corrected chi connectivity index (χ2v) is 16.6. The third-order valence-electron chi connectivity index (χ3n) is 5.30. The lowest BCUT2D eigenvalue weighted by Crippen LogP contribution is -2.53. The van der Waals surface area contributed by atoms with Gasteiger partial charge in [-0.25, -0.2) is 4.79 Å². The first-order valence-corrected chi connectivity index (χ1v) is 19.2. The van der Waals surface area contributed by atoms with Gasteiger partial charge in [0.15, 0.2) is 0 Å². The van der Waals surface area contributed by atoms with E-state index in [9.17, 15) is 19.2 Å². The summed E-state index contributed by atoms with van der Waals surface area (Å²) in [5.74, 6) is -1.49. The lowest BCUT2D eigenvalue weighted by molar-refractivity contribution is -0.157. The summed E-state index contributed by atoms with van der Waals surface area (Å²) in [6.07, 6.45) is 1.39. The Bertz CT molecular complexity index is 971. The molecule has 0 atom stereocenters. The SMILES string of the molecule is C.C=CC(=O)OC(C)(C)C.CC(C)(C)OC(=O)CCOCC(N)(COCCC(=O)OC(C)(C)C)COCCC(=O)OC(C)(C)C.CN.CNC.NC(CO)(CO)CO.[B]C. The first-order chi connectivity index (χ1) is 26.9. The van der Waals surface area contributed by atoms with Crippen molar-refractivity contribution in [3.63, 3.8) is 0 Å². The maximum atomic E-state index is 11.9. The van der Waals surface area contributed by atoms with E-state index in [1.165, 1.54) is 13.9 Å². The highest BCUT2D eigenvalue weighted by molar-refractivity contribution is 6.05. The molecule has 18 nitrogen and oxygen atoms in total. The van der Waals surface area contributed by atoms with Crippen LogP contribution in [0.1, 0.15) is 110 Å². The largest absolute Gasteiger partial charge is 0.460 e. The summed E-state index contributed by atoms with van der Waals surface area (Å²) in [4.78, 5) is 46.1. The fourth-order valence-electron chi connectivity index (χ4n) is 3.09. The van der Waals surface area contributed by atoms with Gasteiger partial charge in [-0.1, -0.05) is 20.8 Å². The molecule has 360 valence electrons. The van der Waals surface area contributed by atoms with E-state index in [1.54, 1.807) is 62.3 Å². The fourth-order valence-corrected chi connectivity index (χ4v) is 3.09. The first-order valence-electron chi connectivity index (χ1n) is 19.2. The molecule has 2 radical (unpaired) electrons. The monoisotopic (exact) mass is 873 g/mol. The highest BCUT2D eigenvalue weighted by Gasteiger charge is 2.28. The maximum absolute atomic E-state index is 11.9. The van der Waals surface area contributed by atoms with Crippen molar-refractivity contribution < 1.29 is 67.7 Å². The van der Waals surface area contributed by atoms with Crippen molar-refractivity contribution in [2.75, 3.05) is 80.6 Å². The molecule has 0 aliphatic heterocycles. The topological polar surface area (TPSA) is 284 Å². The molecule has 0 heterocycles. The molecule has 0 rings (SSSR count). The normalized spacial score (nSPS) is 11.2. The van der Waals surface area contributed by atoms with Gasteiger partial charge >= 0.3 is 23.9 Å². The Kier molecular flexibility index (Phi) is 46.8. The molecular weight excluding hydrogens is 783 g/mol. The van der Waals surface area contributed by atoms with Gasteiger partial charge in [0.05, 0.1) is 97.6 Å². The molecular formula is C41H89BN4O14. The van der Waals surface area contributed by atoms with E-state index in [-0.39, 0.29) is 90.2 Å². The zero-order chi connectivity index (χ0) is 48.2. The number of nitrogens with two attached hydrogens (primary N) is 3. The number of ether oxygens (including phenoxy) is 7. The van der Waals surface area contributed by atoms with Crippen LogP contribution in [0.25, 0.3) is 0 Å². The van der Waals surface area contributed by atoms with Gasteiger partial charge in [0, 0.05) is 6.08 Å². The van der Waals surface area contributed by atoms with Gasteiger partial charge in [-0.15, -0.1) is 0 Å². The molecule has 0 saturated carbocycles. The molecule has 19 heteroatoms. The number of carbonyl (C=O) groups excluding carboxylic acids is 4. The summed E-state index contributed by atoms with van der Waals surface area (Å²) in [7, 11) is 9.75. The van der Waals surface area contributed by atoms with Gasteiger partial charge in [-0.3, -0.25) is 14.4 Å². The number of aliphatic hydroxyl groups excluding tert-OH is 3. The molecule has 0 bridgehead atoms. The van der Waals surface area contributed by atoms with Gasteiger partial charge in [0.25, 0.3) is 0 Å². The molecule has 60 heavy (non-hydrogen) atoms. The van der Waals surface area contributed by atoms with E-state index in [0.29, 0.717) is 0 Å². The quantitative estimate of drug-likeness (QED) is 0.0322. The fraction of sp³-hybridized carbons (Fsp3) is 0.854. The number of rotatable bonds is 19. The number of hydrogen-bond donors (Lipinski definition) is 7. The van der Waals surface area contributed by atoms with Crippen LogP contribution in [-0.4, -0.2) is 161 Å². The highest BCUT2D eigenvalue weighted by Crippen LogP contribution is 2.12. The van der Waals surface area contributed by atoms with Crippen LogP contribution in [0.4, 0.5) is 0 Å². The van der Waals surface area contributed by atoms with Crippen LogP contribution in [0.2, 0.25) is 6.82 Å². The van der Waals surface area contributed by atoms with Crippen molar-refractivity contribution in [3.05, 3.63) is 12.7 Å². The second kappa shape index (κ2) is 39.2. The van der Waals surface area contributed by atoms with E-state index in [0.717, 1.165) is 6.08 Å². The van der Waals surface area contributed by atoms with Crippen LogP contribution in [0.3, 0.4) is 0 Å². The van der Waals surface area contributed by atoms with E-state index in [2.05, 4.69) is 25.5 Å². The molecule has 0 fully saturated rings. The van der Waals surface area contributed by atoms with Gasteiger partial charge in [0.1, 0.15) is 22.4 Å². The zero-order valence-corrected chi connectivity index (χ0v) is 39.4. The molecule has 10 N–H and O–H groups in total. The lowest BCUT2D eigenvalue weighted by Gasteiger charge is -2.29. The minimum Gasteiger partial charge on any atom is -0.460 e. The number of carbonyl (C=O) groups is 4. The van der Waals surface area contributed by atoms with Crippen LogP contribution in [-0.2, 0) is 52.3 Å². The standard InChI is InChI=1S/C25H47NO9.C7H12O2.C4H11NO3.C2H7N.CH3B.CH5N.CH4/c1-22(2,3)33-19(27)10-13-30-16-25(26,17-31-14-11-20(28)34-23(4,5)6)18-32-15-12-21(29)35-24(7,8)9;1-5-6(8)9-7(2,3)4;5-4(1-6,2-7)3-8;1-3-2;2*1-2;/h10-18,26H2,1-9H3;5H,1H2,2-4H3;6-8H,1-3,5H2;3H,1-2H3;1H3;2H2,1H3;1H4. The van der Waals surface area contributed by atoms with Gasteiger partial charge in [-0.05, 0) is 104 Å². The Balaban J connectivity index is -0.000000182.